The highest BCUT2D eigenvalue weighted by molar-refractivity contribution is 9.10. The van der Waals surface area contributed by atoms with Gasteiger partial charge in [-0.3, -0.25) is 4.79 Å². The molecule has 5 nitrogen and oxygen atoms in total. The van der Waals surface area contributed by atoms with Gasteiger partial charge in [0.25, 0.3) is 5.91 Å². The molecule has 0 aromatic heterocycles. The standard InChI is InChI=1S/C21H18BrNO4/c1-2-26-21(25)15-7-5-8-16(12-15)23-19(24)13-27-18-11-10-14-6-3-4-9-17(14)20(18)22/h3-12H,2,13H2,1H3,(H,23,24). The van der Waals surface area contributed by atoms with Crippen LogP contribution >= 0.6 is 15.9 Å². The molecule has 1 N–H and O–H groups in total. The van der Waals surface area contributed by atoms with Crippen LogP contribution in [0.4, 0.5) is 5.69 Å². The van der Waals surface area contributed by atoms with Crippen molar-refractivity contribution in [2.75, 3.05) is 18.5 Å². The first-order valence-electron chi connectivity index (χ1n) is 8.45. The third-order valence-corrected chi connectivity index (χ3v) is 4.66. The molecule has 6 heteroatoms. The van der Waals surface area contributed by atoms with E-state index in [9.17, 15) is 9.59 Å². The molecule has 0 saturated carbocycles. The molecule has 0 saturated heterocycles. The molecule has 3 rings (SSSR count). The zero-order chi connectivity index (χ0) is 19.2. The Morgan fingerprint density at radius 1 is 1.04 bits per heavy atom. The van der Waals surface area contributed by atoms with Crippen LogP contribution in [-0.4, -0.2) is 25.1 Å². The van der Waals surface area contributed by atoms with Crippen LogP contribution in [0.3, 0.4) is 0 Å². The van der Waals surface area contributed by atoms with Crippen LogP contribution in [0.25, 0.3) is 10.8 Å². The van der Waals surface area contributed by atoms with Gasteiger partial charge in [0.1, 0.15) is 5.75 Å². The average molecular weight is 428 g/mol. The topological polar surface area (TPSA) is 64.6 Å². The number of carbonyl (C=O) groups is 2. The maximum atomic E-state index is 12.2. The molecule has 0 spiro atoms. The second kappa shape index (κ2) is 8.68. The molecule has 0 radical (unpaired) electrons. The van der Waals surface area contributed by atoms with Crippen LogP contribution in [0.2, 0.25) is 0 Å². The third kappa shape index (κ3) is 4.65. The monoisotopic (exact) mass is 427 g/mol. The first-order chi connectivity index (χ1) is 13.1. The number of halogens is 1. The molecule has 0 atom stereocenters. The van der Waals surface area contributed by atoms with Crippen LogP contribution in [0, 0.1) is 0 Å². The lowest BCUT2D eigenvalue weighted by Gasteiger charge is -2.11. The average Bonchev–Trinajstić information content (AvgIpc) is 2.68. The molecule has 0 bridgehead atoms. The van der Waals surface area contributed by atoms with Crippen molar-refractivity contribution < 1.29 is 19.1 Å². The van der Waals surface area contributed by atoms with Gasteiger partial charge in [-0.2, -0.15) is 0 Å². The third-order valence-electron chi connectivity index (χ3n) is 3.84. The van der Waals surface area contributed by atoms with Crippen LogP contribution < -0.4 is 10.1 Å². The van der Waals surface area contributed by atoms with E-state index in [-0.39, 0.29) is 12.5 Å². The van der Waals surface area contributed by atoms with E-state index in [1.807, 2.05) is 36.4 Å². The van der Waals surface area contributed by atoms with Crippen molar-refractivity contribution in [3.63, 3.8) is 0 Å². The number of esters is 1. The fourth-order valence-electron chi connectivity index (χ4n) is 2.60. The Kier molecular flexibility index (Phi) is 6.08. The highest BCUT2D eigenvalue weighted by Gasteiger charge is 2.11. The van der Waals surface area contributed by atoms with Crippen molar-refractivity contribution in [2.24, 2.45) is 0 Å². The number of anilines is 1. The lowest BCUT2D eigenvalue weighted by molar-refractivity contribution is -0.118. The Morgan fingerprint density at radius 2 is 1.85 bits per heavy atom. The summed E-state index contributed by atoms with van der Waals surface area (Å²) in [5.74, 6) is -0.162. The van der Waals surface area contributed by atoms with E-state index in [4.69, 9.17) is 9.47 Å². The smallest absolute Gasteiger partial charge is 0.338 e. The Hall–Kier alpha value is -2.86. The van der Waals surface area contributed by atoms with Crippen LogP contribution in [-0.2, 0) is 9.53 Å². The number of carbonyl (C=O) groups excluding carboxylic acids is 2. The first kappa shape index (κ1) is 18.9. The summed E-state index contributed by atoms with van der Waals surface area (Å²) in [6.07, 6.45) is 0. The number of rotatable bonds is 6. The normalized spacial score (nSPS) is 10.4. The first-order valence-corrected chi connectivity index (χ1v) is 9.25. The summed E-state index contributed by atoms with van der Waals surface area (Å²) in [5.41, 5.74) is 0.888. The predicted molar refractivity (Wildman–Crippen MR) is 108 cm³/mol. The summed E-state index contributed by atoms with van der Waals surface area (Å²) in [5, 5.41) is 4.81. The summed E-state index contributed by atoms with van der Waals surface area (Å²) in [6.45, 7) is 1.89. The minimum Gasteiger partial charge on any atom is -0.483 e. The quantitative estimate of drug-likeness (QED) is 0.573. The van der Waals surface area contributed by atoms with Gasteiger partial charge in [-0.25, -0.2) is 4.79 Å². The number of fused-ring (bicyclic) bond motifs is 1. The number of ether oxygens (including phenoxy) is 2. The van der Waals surface area contributed by atoms with Gasteiger partial charge in [0.15, 0.2) is 6.61 Å². The molecule has 0 aliphatic heterocycles. The second-order valence-corrected chi connectivity index (χ2v) is 6.53. The highest BCUT2D eigenvalue weighted by Crippen LogP contribution is 2.33. The van der Waals surface area contributed by atoms with Crippen molar-refractivity contribution in [1.82, 2.24) is 0 Å². The molecule has 3 aromatic carbocycles. The number of nitrogens with one attached hydrogen (secondary N) is 1. The fourth-order valence-corrected chi connectivity index (χ4v) is 3.21. The van der Waals surface area contributed by atoms with Gasteiger partial charge in [0.05, 0.1) is 16.6 Å². The van der Waals surface area contributed by atoms with Gasteiger partial charge < -0.3 is 14.8 Å². The van der Waals surface area contributed by atoms with Crippen molar-refractivity contribution >= 4 is 44.3 Å². The Labute approximate surface area is 165 Å². The largest absolute Gasteiger partial charge is 0.483 e. The lowest BCUT2D eigenvalue weighted by atomic mass is 10.1. The van der Waals surface area contributed by atoms with Crippen LogP contribution in [0.5, 0.6) is 5.75 Å². The predicted octanol–water partition coefficient (Wildman–Crippen LogP) is 4.80. The Balaban J connectivity index is 1.64. The molecule has 27 heavy (non-hydrogen) atoms. The van der Waals surface area contributed by atoms with Gasteiger partial charge in [0, 0.05) is 5.69 Å². The maximum absolute atomic E-state index is 12.2. The molecule has 3 aromatic rings. The van der Waals surface area contributed by atoms with E-state index in [2.05, 4.69) is 21.2 Å². The summed E-state index contributed by atoms with van der Waals surface area (Å²) in [7, 11) is 0. The molecule has 0 heterocycles. The lowest BCUT2D eigenvalue weighted by Crippen LogP contribution is -2.20. The molecule has 1 amide bonds. The molecular formula is C21H18BrNO4. The number of benzene rings is 3. The van der Waals surface area contributed by atoms with E-state index in [1.165, 1.54) is 0 Å². The number of hydrogen-bond donors (Lipinski definition) is 1. The van der Waals surface area contributed by atoms with Gasteiger partial charge in [-0.15, -0.1) is 0 Å². The van der Waals surface area contributed by atoms with Crippen LogP contribution in [0.1, 0.15) is 17.3 Å². The minimum atomic E-state index is -0.426. The Bertz CT molecular complexity index is 987. The van der Waals surface area contributed by atoms with Gasteiger partial charge in [-0.05, 0) is 57.9 Å². The van der Waals surface area contributed by atoms with Gasteiger partial charge >= 0.3 is 5.97 Å². The zero-order valence-electron chi connectivity index (χ0n) is 14.7. The van der Waals surface area contributed by atoms with E-state index in [0.29, 0.717) is 23.6 Å². The summed E-state index contributed by atoms with van der Waals surface area (Å²) in [4.78, 5) is 24.0. The molecule has 0 aliphatic rings. The zero-order valence-corrected chi connectivity index (χ0v) is 16.3. The summed E-state index contributed by atoms with van der Waals surface area (Å²) in [6, 6.07) is 18.2. The van der Waals surface area contributed by atoms with Crippen molar-refractivity contribution in [1.29, 1.82) is 0 Å². The molecular weight excluding hydrogens is 410 g/mol. The number of hydrogen-bond acceptors (Lipinski definition) is 4. The minimum absolute atomic E-state index is 0.152. The fraction of sp³-hybridized carbons (Fsp3) is 0.143. The van der Waals surface area contributed by atoms with E-state index >= 15 is 0 Å². The highest BCUT2D eigenvalue weighted by atomic mass is 79.9. The van der Waals surface area contributed by atoms with Crippen molar-refractivity contribution in [3.05, 3.63) is 70.7 Å². The van der Waals surface area contributed by atoms with Crippen LogP contribution in [0.15, 0.2) is 65.1 Å². The number of amides is 1. The van der Waals surface area contributed by atoms with E-state index in [0.717, 1.165) is 15.2 Å². The van der Waals surface area contributed by atoms with E-state index < -0.39 is 5.97 Å². The Morgan fingerprint density at radius 3 is 2.67 bits per heavy atom. The van der Waals surface area contributed by atoms with Crippen molar-refractivity contribution in [3.8, 4) is 5.75 Å². The molecule has 0 aliphatic carbocycles. The molecule has 0 fully saturated rings. The molecule has 0 unspecified atom stereocenters. The molecule has 138 valence electrons. The summed E-state index contributed by atoms with van der Waals surface area (Å²) < 4.78 is 11.4. The van der Waals surface area contributed by atoms with Gasteiger partial charge in [-0.1, -0.05) is 36.4 Å². The van der Waals surface area contributed by atoms with Crippen molar-refractivity contribution in [2.45, 2.75) is 6.92 Å². The van der Waals surface area contributed by atoms with E-state index in [1.54, 1.807) is 31.2 Å². The SMILES string of the molecule is CCOC(=O)c1cccc(NC(=O)COc2ccc3ccccc3c2Br)c1. The maximum Gasteiger partial charge on any atom is 0.338 e. The second-order valence-electron chi connectivity index (χ2n) is 5.74. The summed E-state index contributed by atoms with van der Waals surface area (Å²) >= 11 is 3.53. The van der Waals surface area contributed by atoms with Gasteiger partial charge in [0.2, 0.25) is 0 Å².